The van der Waals surface area contributed by atoms with E-state index in [9.17, 15) is 24.3 Å². The number of H-pyrrole nitrogens is 1. The van der Waals surface area contributed by atoms with Gasteiger partial charge in [-0.3, -0.25) is 9.59 Å². The maximum Gasteiger partial charge on any atom is 0.328 e. The van der Waals surface area contributed by atoms with Gasteiger partial charge in [0.05, 0.1) is 40.3 Å². The van der Waals surface area contributed by atoms with Crippen LogP contribution in [0.4, 0.5) is 10.5 Å². The third-order valence-corrected chi connectivity index (χ3v) is 7.79. The smallest absolute Gasteiger partial charge is 0.328 e. The molecule has 0 bridgehead atoms. The number of carbonyl (C=O) groups is 4. The average Bonchev–Trinajstić information content (AvgIpc) is 3.59. The molecule has 0 radical (unpaired) electrons. The number of hydrogen-bond donors (Lipinski definition) is 6. The van der Waals surface area contributed by atoms with Crippen molar-refractivity contribution in [1.29, 1.82) is 0 Å². The molecular weight excluding hydrogens is 581 g/mol. The van der Waals surface area contributed by atoms with E-state index in [4.69, 9.17) is 23.2 Å². The molecule has 5 rings (SSSR count). The molecule has 216 valence electrons. The fourth-order valence-corrected chi connectivity index (χ4v) is 5.58. The van der Waals surface area contributed by atoms with Gasteiger partial charge in [0.2, 0.25) is 5.91 Å². The monoisotopic (exact) mass is 607 g/mol. The molecule has 0 spiro atoms. The van der Waals surface area contributed by atoms with Crippen LogP contribution < -0.4 is 21.3 Å². The summed E-state index contributed by atoms with van der Waals surface area (Å²) in [6.07, 6.45) is 3.43. The number of aryl methyl sites for hydroxylation is 1. The molecule has 0 saturated carbocycles. The Morgan fingerprint density at radius 1 is 1.02 bits per heavy atom. The van der Waals surface area contributed by atoms with Crippen molar-refractivity contribution in [2.24, 2.45) is 0 Å². The molecule has 4 amide bonds. The lowest BCUT2D eigenvalue weighted by atomic mass is 10.1. The van der Waals surface area contributed by atoms with E-state index in [0.29, 0.717) is 0 Å². The number of urea groups is 1. The summed E-state index contributed by atoms with van der Waals surface area (Å²) >= 11 is 12.7. The van der Waals surface area contributed by atoms with E-state index in [1.54, 1.807) is 0 Å². The molecule has 1 aliphatic carbocycles. The van der Waals surface area contributed by atoms with Crippen molar-refractivity contribution in [3.63, 3.8) is 0 Å². The highest BCUT2D eigenvalue weighted by Crippen LogP contribution is 2.32. The van der Waals surface area contributed by atoms with Crippen LogP contribution in [0.3, 0.4) is 0 Å². The van der Waals surface area contributed by atoms with Crippen LogP contribution in [0.15, 0.2) is 66.9 Å². The first kappa shape index (κ1) is 29.0. The summed E-state index contributed by atoms with van der Waals surface area (Å²) in [6.45, 7) is -0.390. The number of carbonyl (C=O) groups excluding carboxylic acids is 3. The minimum absolute atomic E-state index is 0.0388. The van der Waals surface area contributed by atoms with Crippen LogP contribution in [0.1, 0.15) is 39.5 Å². The number of rotatable bonds is 9. The van der Waals surface area contributed by atoms with Crippen LogP contribution in [0, 0.1) is 0 Å². The summed E-state index contributed by atoms with van der Waals surface area (Å²) in [6, 6.07) is 15.9. The first-order chi connectivity index (χ1) is 20.2. The molecule has 0 unspecified atom stereocenters. The summed E-state index contributed by atoms with van der Waals surface area (Å²) in [5, 5.41) is 20.8. The number of carboxylic acids is 1. The molecule has 4 aromatic rings. The molecule has 0 fully saturated rings. The van der Waals surface area contributed by atoms with Crippen molar-refractivity contribution in [1.82, 2.24) is 20.9 Å². The number of aromatic nitrogens is 1. The first-order valence-corrected chi connectivity index (χ1v) is 13.9. The average molecular weight is 608 g/mol. The summed E-state index contributed by atoms with van der Waals surface area (Å²) in [7, 11) is 0. The zero-order valence-corrected chi connectivity index (χ0v) is 23.7. The number of aliphatic carboxylic acids is 1. The molecule has 3 aromatic carbocycles. The lowest BCUT2D eigenvalue weighted by Crippen LogP contribution is -2.50. The molecule has 1 aliphatic rings. The van der Waals surface area contributed by atoms with Crippen LogP contribution in [0.5, 0.6) is 0 Å². The number of carboxylic acid groups (broad SMARTS) is 1. The summed E-state index contributed by atoms with van der Waals surface area (Å²) < 4.78 is 0. The Hall–Kier alpha value is -4.54. The molecule has 10 nitrogen and oxygen atoms in total. The van der Waals surface area contributed by atoms with Gasteiger partial charge in [0, 0.05) is 11.7 Å². The van der Waals surface area contributed by atoms with E-state index in [1.165, 1.54) is 12.1 Å². The predicted molar refractivity (Wildman–Crippen MR) is 160 cm³/mol. The van der Waals surface area contributed by atoms with Crippen molar-refractivity contribution >= 4 is 63.6 Å². The number of benzene rings is 3. The normalized spacial score (nSPS) is 14.6. The van der Waals surface area contributed by atoms with Gasteiger partial charge in [-0.15, -0.1) is 0 Å². The van der Waals surface area contributed by atoms with Crippen molar-refractivity contribution < 1.29 is 24.3 Å². The second-order valence-corrected chi connectivity index (χ2v) is 10.7. The molecule has 0 aliphatic heterocycles. The Balaban J connectivity index is 1.20. The molecule has 1 heterocycles. The van der Waals surface area contributed by atoms with Crippen LogP contribution in [0.2, 0.25) is 10.0 Å². The van der Waals surface area contributed by atoms with Gasteiger partial charge in [0.15, 0.2) is 0 Å². The van der Waals surface area contributed by atoms with E-state index in [-0.39, 0.29) is 39.7 Å². The molecular formula is C30H27Cl2N5O5. The zero-order valence-electron chi connectivity index (χ0n) is 22.2. The second kappa shape index (κ2) is 12.5. The fourth-order valence-electron chi connectivity index (χ4n) is 4.99. The maximum absolute atomic E-state index is 13.1. The Labute approximate surface area is 250 Å². The highest BCUT2D eigenvalue weighted by atomic mass is 35.5. The lowest BCUT2D eigenvalue weighted by Gasteiger charge is -2.19. The van der Waals surface area contributed by atoms with Gasteiger partial charge in [-0.05, 0) is 65.3 Å². The molecule has 1 aromatic heterocycles. The van der Waals surface area contributed by atoms with Gasteiger partial charge < -0.3 is 31.4 Å². The summed E-state index contributed by atoms with van der Waals surface area (Å²) in [5.41, 5.74) is 3.84. The standard InChI is InChI=1S/C30H27Cl2N5O5/c31-20-7-10-23(35-25(38)14-16-5-8-21-18(13-16)11-12-33-21)27(32)26(20)28(39)36-24(29(40)41)15-34-30(42)37-22-9-6-17-3-1-2-4-19(17)22/h1-5,7-8,10-13,22,24,33H,6,9,14-15H2,(H,35,38)(H,36,39)(H,40,41)(H2,34,37,42)/t22-,24+/m1/s1. The number of amides is 4. The number of fused-ring (bicyclic) bond motifs is 2. The molecule has 42 heavy (non-hydrogen) atoms. The van der Waals surface area contributed by atoms with Gasteiger partial charge >= 0.3 is 12.0 Å². The Morgan fingerprint density at radius 2 is 1.83 bits per heavy atom. The molecule has 2 atom stereocenters. The van der Waals surface area contributed by atoms with Gasteiger partial charge in [0.25, 0.3) is 5.91 Å². The van der Waals surface area contributed by atoms with Gasteiger partial charge in [-0.1, -0.05) is 53.5 Å². The minimum Gasteiger partial charge on any atom is -0.480 e. The fraction of sp³-hybridized carbons (Fsp3) is 0.200. The van der Waals surface area contributed by atoms with Crippen molar-refractivity contribution in [2.75, 3.05) is 11.9 Å². The van der Waals surface area contributed by atoms with Crippen LogP contribution in [0.25, 0.3) is 10.9 Å². The largest absolute Gasteiger partial charge is 0.480 e. The van der Waals surface area contributed by atoms with Gasteiger partial charge in [-0.25, -0.2) is 9.59 Å². The van der Waals surface area contributed by atoms with Gasteiger partial charge in [-0.2, -0.15) is 0 Å². The van der Waals surface area contributed by atoms with E-state index in [2.05, 4.69) is 26.3 Å². The zero-order chi connectivity index (χ0) is 29.8. The Kier molecular flexibility index (Phi) is 8.65. The third-order valence-electron chi connectivity index (χ3n) is 7.08. The van der Waals surface area contributed by atoms with Crippen LogP contribution >= 0.6 is 23.2 Å². The van der Waals surface area contributed by atoms with Crippen LogP contribution in [-0.2, 0) is 22.4 Å². The number of halogens is 2. The van der Waals surface area contributed by atoms with E-state index >= 15 is 0 Å². The molecule has 0 saturated heterocycles. The number of hydrogen-bond acceptors (Lipinski definition) is 4. The lowest BCUT2D eigenvalue weighted by molar-refractivity contribution is -0.139. The van der Waals surface area contributed by atoms with Crippen molar-refractivity contribution in [2.45, 2.75) is 31.3 Å². The van der Waals surface area contributed by atoms with E-state index in [0.717, 1.165) is 40.4 Å². The second-order valence-electron chi connectivity index (χ2n) is 9.92. The SMILES string of the molecule is O=C(Cc1ccc2[nH]ccc2c1)Nc1ccc(Cl)c(C(=O)N[C@@H](CNC(=O)N[C@@H]2CCc3ccccc32)C(=O)O)c1Cl. The number of nitrogens with one attached hydrogen (secondary N) is 5. The number of aromatic amines is 1. The highest BCUT2D eigenvalue weighted by Gasteiger charge is 2.27. The van der Waals surface area contributed by atoms with Crippen molar-refractivity contribution in [3.05, 3.63) is 99.2 Å². The summed E-state index contributed by atoms with van der Waals surface area (Å²) in [5.74, 6) is -2.62. The van der Waals surface area contributed by atoms with Gasteiger partial charge in [0.1, 0.15) is 6.04 Å². The summed E-state index contributed by atoms with van der Waals surface area (Å²) in [4.78, 5) is 53.4. The van der Waals surface area contributed by atoms with Crippen LogP contribution in [-0.4, -0.2) is 46.5 Å². The molecule has 12 heteroatoms. The topological polar surface area (TPSA) is 152 Å². The minimum atomic E-state index is -1.48. The number of anilines is 1. The Morgan fingerprint density at radius 3 is 2.64 bits per heavy atom. The quantitative estimate of drug-likeness (QED) is 0.161. The maximum atomic E-state index is 13.1. The third kappa shape index (κ3) is 6.50. The Bertz CT molecular complexity index is 1690. The highest BCUT2D eigenvalue weighted by molar-refractivity contribution is 6.41. The van der Waals surface area contributed by atoms with E-state index in [1.807, 2.05) is 54.7 Å². The molecule has 6 N–H and O–H groups in total. The van der Waals surface area contributed by atoms with Crippen molar-refractivity contribution in [3.8, 4) is 0 Å². The first-order valence-electron chi connectivity index (χ1n) is 13.2. The van der Waals surface area contributed by atoms with E-state index < -0.39 is 30.5 Å². The predicted octanol–water partition coefficient (Wildman–Crippen LogP) is 4.83.